The Kier molecular flexibility index (Phi) is 5.08. The average Bonchev–Trinajstić information content (AvgIpc) is 2.50. The first-order valence-corrected chi connectivity index (χ1v) is 6.81. The number of aliphatic carboxylic acids is 1. The van der Waals surface area contributed by atoms with E-state index in [-0.39, 0.29) is 13.0 Å². The van der Waals surface area contributed by atoms with Crippen molar-refractivity contribution in [3.8, 4) is 0 Å². The van der Waals surface area contributed by atoms with Crippen molar-refractivity contribution in [2.75, 3.05) is 0 Å². The summed E-state index contributed by atoms with van der Waals surface area (Å²) < 4.78 is 1.02. The summed E-state index contributed by atoms with van der Waals surface area (Å²) in [5, 5.41) is 11.6. The van der Waals surface area contributed by atoms with Gasteiger partial charge in [-0.05, 0) is 5.56 Å². The topological polar surface area (TPSA) is 121 Å². The first kappa shape index (κ1) is 16.2. The van der Waals surface area contributed by atoms with Crippen LogP contribution in [0.4, 0.5) is 0 Å². The fourth-order valence-electron chi connectivity index (χ4n) is 2.00. The Morgan fingerprint density at radius 2 is 1.87 bits per heavy atom. The maximum atomic E-state index is 11.9. The fourth-order valence-corrected chi connectivity index (χ4v) is 2.00. The number of carbonyl (C=O) groups excluding carboxylic acids is 1. The second-order valence-electron chi connectivity index (χ2n) is 4.88. The lowest BCUT2D eigenvalue weighted by molar-refractivity contribution is -0.142. The van der Waals surface area contributed by atoms with Gasteiger partial charge in [-0.25, -0.2) is 9.59 Å². The molecule has 3 N–H and O–H groups in total. The molecule has 0 aliphatic rings. The van der Waals surface area contributed by atoms with Crippen LogP contribution in [0.25, 0.3) is 0 Å². The van der Waals surface area contributed by atoms with Gasteiger partial charge in [0.2, 0.25) is 5.91 Å². The minimum absolute atomic E-state index is 0.0329. The molecule has 0 aliphatic carbocycles. The number of carboxylic acids is 1. The molecule has 23 heavy (non-hydrogen) atoms. The zero-order valence-electron chi connectivity index (χ0n) is 12.1. The van der Waals surface area contributed by atoms with Crippen molar-refractivity contribution >= 4 is 11.9 Å². The number of benzene rings is 1. The number of carbonyl (C=O) groups is 2. The lowest BCUT2D eigenvalue weighted by Crippen LogP contribution is -2.46. The van der Waals surface area contributed by atoms with Crippen LogP contribution in [-0.4, -0.2) is 32.6 Å². The molecule has 120 valence electrons. The van der Waals surface area contributed by atoms with E-state index in [1.54, 1.807) is 24.3 Å². The molecule has 0 radical (unpaired) electrons. The summed E-state index contributed by atoms with van der Waals surface area (Å²) in [6.07, 6.45) is 1.21. The van der Waals surface area contributed by atoms with E-state index in [4.69, 9.17) is 0 Å². The molecule has 0 fully saturated rings. The Bertz CT molecular complexity index is 810. The highest BCUT2D eigenvalue weighted by atomic mass is 16.4. The predicted molar refractivity (Wildman–Crippen MR) is 81.0 cm³/mol. The summed E-state index contributed by atoms with van der Waals surface area (Å²) >= 11 is 0. The van der Waals surface area contributed by atoms with E-state index in [9.17, 15) is 24.3 Å². The van der Waals surface area contributed by atoms with Gasteiger partial charge in [0.25, 0.3) is 5.56 Å². The zero-order chi connectivity index (χ0) is 16.8. The number of amides is 1. The summed E-state index contributed by atoms with van der Waals surface area (Å²) in [5.41, 5.74) is -0.567. The third-order valence-electron chi connectivity index (χ3n) is 3.12. The van der Waals surface area contributed by atoms with Crippen LogP contribution in [0.15, 0.2) is 52.2 Å². The monoisotopic (exact) mass is 317 g/mol. The third kappa shape index (κ3) is 4.67. The van der Waals surface area contributed by atoms with Crippen LogP contribution in [0.5, 0.6) is 0 Å². The fraction of sp³-hybridized carbons (Fsp3) is 0.200. The number of aromatic nitrogens is 2. The standard InChI is InChI=1S/C15H15N3O5/c19-12-6-7-18(15(23)17-12)9-11(14(21)22)16-13(20)8-10-4-2-1-3-5-10/h1-7,11H,8-9H2,(H,16,20)(H,21,22)(H,17,19,23)/t11-/m0/s1. The molecule has 0 saturated carbocycles. The van der Waals surface area contributed by atoms with Gasteiger partial charge in [0.15, 0.2) is 0 Å². The Hall–Kier alpha value is -3.16. The minimum Gasteiger partial charge on any atom is -0.480 e. The zero-order valence-corrected chi connectivity index (χ0v) is 12.1. The van der Waals surface area contributed by atoms with Crippen molar-refractivity contribution < 1.29 is 14.7 Å². The van der Waals surface area contributed by atoms with E-state index in [0.29, 0.717) is 0 Å². The highest BCUT2D eigenvalue weighted by Crippen LogP contribution is 2.00. The molecule has 8 heteroatoms. The van der Waals surface area contributed by atoms with Gasteiger partial charge in [-0.3, -0.25) is 19.1 Å². The van der Waals surface area contributed by atoms with E-state index in [1.165, 1.54) is 6.20 Å². The van der Waals surface area contributed by atoms with Crippen LogP contribution in [0.1, 0.15) is 5.56 Å². The number of nitrogens with one attached hydrogen (secondary N) is 2. The number of nitrogens with zero attached hydrogens (tertiary/aromatic N) is 1. The maximum absolute atomic E-state index is 11.9. The molecule has 0 spiro atoms. The molecule has 1 aromatic heterocycles. The summed E-state index contributed by atoms with van der Waals surface area (Å²) in [5.74, 6) is -1.74. The van der Waals surface area contributed by atoms with Crippen LogP contribution in [-0.2, 0) is 22.6 Å². The van der Waals surface area contributed by atoms with Gasteiger partial charge in [-0.1, -0.05) is 30.3 Å². The average molecular weight is 317 g/mol. The highest BCUT2D eigenvalue weighted by molar-refractivity contribution is 5.84. The molecule has 1 heterocycles. The predicted octanol–water partition coefficient (Wildman–Crippen LogP) is -0.651. The van der Waals surface area contributed by atoms with E-state index in [1.807, 2.05) is 11.1 Å². The molecular weight excluding hydrogens is 302 g/mol. The molecule has 0 aliphatic heterocycles. The van der Waals surface area contributed by atoms with E-state index in [0.717, 1.165) is 16.2 Å². The van der Waals surface area contributed by atoms with E-state index >= 15 is 0 Å². The molecule has 2 aromatic rings. The first-order valence-electron chi connectivity index (χ1n) is 6.81. The molecule has 2 rings (SSSR count). The van der Waals surface area contributed by atoms with Crippen molar-refractivity contribution in [3.63, 3.8) is 0 Å². The van der Waals surface area contributed by atoms with Gasteiger partial charge in [0, 0.05) is 12.3 Å². The number of H-pyrrole nitrogens is 1. The van der Waals surface area contributed by atoms with Crippen molar-refractivity contribution in [2.24, 2.45) is 0 Å². The molecule has 1 aromatic carbocycles. The lowest BCUT2D eigenvalue weighted by atomic mass is 10.1. The number of hydrogen-bond donors (Lipinski definition) is 3. The Morgan fingerprint density at radius 1 is 1.17 bits per heavy atom. The van der Waals surface area contributed by atoms with Crippen LogP contribution in [0.3, 0.4) is 0 Å². The Labute approximate surface area is 130 Å². The SMILES string of the molecule is O=C(Cc1ccccc1)N[C@@H](Cn1ccc(=O)[nH]c1=O)C(=O)O. The first-order chi connectivity index (χ1) is 11.0. The van der Waals surface area contributed by atoms with Gasteiger partial charge < -0.3 is 10.4 Å². The molecule has 0 unspecified atom stereocenters. The molecule has 8 nitrogen and oxygen atoms in total. The highest BCUT2D eigenvalue weighted by Gasteiger charge is 2.21. The number of carboxylic acid groups (broad SMARTS) is 1. The van der Waals surface area contributed by atoms with Gasteiger partial charge in [0.05, 0.1) is 13.0 Å². The quantitative estimate of drug-likeness (QED) is 0.653. The molecule has 1 amide bonds. The third-order valence-corrected chi connectivity index (χ3v) is 3.12. The molecule has 1 atom stereocenters. The lowest BCUT2D eigenvalue weighted by Gasteiger charge is -2.15. The van der Waals surface area contributed by atoms with E-state index < -0.39 is 29.2 Å². The van der Waals surface area contributed by atoms with Crippen LogP contribution in [0.2, 0.25) is 0 Å². The summed E-state index contributed by atoms with van der Waals surface area (Å²) in [7, 11) is 0. The summed E-state index contributed by atoms with van der Waals surface area (Å²) in [6.45, 7) is -0.286. The van der Waals surface area contributed by atoms with E-state index in [2.05, 4.69) is 5.32 Å². The maximum Gasteiger partial charge on any atom is 0.328 e. The largest absolute Gasteiger partial charge is 0.480 e. The second-order valence-corrected chi connectivity index (χ2v) is 4.88. The van der Waals surface area contributed by atoms with Gasteiger partial charge in [-0.15, -0.1) is 0 Å². The van der Waals surface area contributed by atoms with Gasteiger partial charge in [-0.2, -0.15) is 0 Å². The second kappa shape index (κ2) is 7.21. The van der Waals surface area contributed by atoms with Crippen LogP contribution in [0, 0.1) is 0 Å². The Morgan fingerprint density at radius 3 is 2.48 bits per heavy atom. The number of aromatic amines is 1. The Balaban J connectivity index is 2.07. The summed E-state index contributed by atoms with van der Waals surface area (Å²) in [4.78, 5) is 47.8. The van der Waals surface area contributed by atoms with Crippen molar-refractivity contribution in [1.29, 1.82) is 0 Å². The van der Waals surface area contributed by atoms with Crippen LogP contribution >= 0.6 is 0 Å². The normalized spacial score (nSPS) is 11.7. The summed E-state index contributed by atoms with van der Waals surface area (Å²) in [6, 6.07) is 8.68. The molecule has 0 bridgehead atoms. The smallest absolute Gasteiger partial charge is 0.328 e. The van der Waals surface area contributed by atoms with Gasteiger partial charge >= 0.3 is 11.7 Å². The number of rotatable bonds is 6. The molecular formula is C15H15N3O5. The minimum atomic E-state index is -1.28. The van der Waals surface area contributed by atoms with Crippen molar-refractivity contribution in [3.05, 3.63) is 69.0 Å². The van der Waals surface area contributed by atoms with Crippen molar-refractivity contribution in [2.45, 2.75) is 19.0 Å². The number of hydrogen-bond acceptors (Lipinski definition) is 4. The molecule has 0 saturated heterocycles. The van der Waals surface area contributed by atoms with Crippen LogP contribution < -0.4 is 16.6 Å². The van der Waals surface area contributed by atoms with Gasteiger partial charge in [0.1, 0.15) is 6.04 Å². The van der Waals surface area contributed by atoms with Crippen molar-refractivity contribution in [1.82, 2.24) is 14.9 Å².